The first-order valence-electron chi connectivity index (χ1n) is 5.29. The summed E-state index contributed by atoms with van der Waals surface area (Å²) in [7, 11) is 1.25. The molecule has 0 aromatic carbocycles. The fourth-order valence-electron chi connectivity index (χ4n) is 1.26. The van der Waals surface area contributed by atoms with Crippen LogP contribution in [0.3, 0.4) is 0 Å². The van der Waals surface area contributed by atoms with E-state index in [9.17, 15) is 9.59 Å². The predicted octanol–water partition coefficient (Wildman–Crippen LogP) is 1.53. The summed E-state index contributed by atoms with van der Waals surface area (Å²) in [6.45, 7) is 3.06. The van der Waals surface area contributed by atoms with Crippen LogP contribution in [0.4, 0.5) is 0 Å². The zero-order valence-electron chi connectivity index (χ0n) is 11.0. The number of esters is 1. The number of rotatable bonds is 4. The third-order valence-corrected chi connectivity index (χ3v) is 3.08. The molecule has 0 aliphatic rings. The van der Waals surface area contributed by atoms with E-state index in [1.54, 1.807) is 6.26 Å². The second-order valence-electron chi connectivity index (χ2n) is 4.12. The van der Waals surface area contributed by atoms with Gasteiger partial charge >= 0.3 is 5.97 Å². The van der Waals surface area contributed by atoms with Crippen molar-refractivity contribution in [3.8, 4) is 0 Å². The molecule has 8 heteroatoms. The molecule has 0 atom stereocenters. The van der Waals surface area contributed by atoms with Crippen LogP contribution in [0.15, 0.2) is 11.4 Å². The Labute approximate surface area is 120 Å². The fraction of sp³-hybridized carbons (Fsp3) is 0.455. The van der Waals surface area contributed by atoms with Crippen LogP contribution in [0.1, 0.15) is 24.3 Å². The molecule has 0 radical (unpaired) electrons. The first-order valence-corrected chi connectivity index (χ1v) is 6.89. The normalized spacial score (nSPS) is 11.0. The molecule has 1 N–H and O–H groups in total. The summed E-state index contributed by atoms with van der Waals surface area (Å²) in [6, 6.07) is 0. The Morgan fingerprint density at radius 2 is 2.11 bits per heavy atom. The fourth-order valence-corrected chi connectivity index (χ4v) is 1.78. The average Bonchev–Trinajstić information content (AvgIpc) is 2.37. The zero-order valence-corrected chi connectivity index (χ0v) is 12.6. The minimum absolute atomic E-state index is 0.0259. The van der Waals surface area contributed by atoms with Crippen LogP contribution in [0, 0.1) is 0 Å². The number of halogens is 1. The van der Waals surface area contributed by atoms with Gasteiger partial charge < -0.3 is 10.1 Å². The summed E-state index contributed by atoms with van der Waals surface area (Å²) in [6.07, 6.45) is 3.13. The Kier molecular flexibility index (Phi) is 5.13. The minimum Gasteiger partial charge on any atom is -0.467 e. The van der Waals surface area contributed by atoms with Gasteiger partial charge in [0.05, 0.1) is 18.3 Å². The molecule has 1 aromatic heterocycles. The van der Waals surface area contributed by atoms with Gasteiger partial charge in [-0.25, -0.2) is 14.8 Å². The number of ether oxygens (including phenoxy) is 1. The summed E-state index contributed by atoms with van der Waals surface area (Å²) in [5, 5.41) is 3.06. The van der Waals surface area contributed by atoms with Crippen LogP contribution in [0.5, 0.6) is 0 Å². The maximum absolute atomic E-state index is 12.1. The molecule has 0 unspecified atom stereocenters. The van der Waals surface area contributed by atoms with Crippen LogP contribution < -0.4 is 5.32 Å². The number of nitrogens with one attached hydrogen (secondary N) is 1. The second-order valence-corrected chi connectivity index (χ2v) is 5.30. The molecule has 1 aromatic rings. The molecule has 1 rings (SSSR count). The number of carbonyl (C=O) groups excluding carboxylic acids is 2. The summed E-state index contributed by atoms with van der Waals surface area (Å²) in [5.41, 5.74) is -1.14. The minimum atomic E-state index is -1.17. The van der Waals surface area contributed by atoms with Crippen LogP contribution in [0.2, 0.25) is 5.02 Å². The topological polar surface area (TPSA) is 81.2 Å². The Hall–Kier alpha value is -1.34. The summed E-state index contributed by atoms with van der Waals surface area (Å²) in [5.74, 6) is -1.12. The number of hydrogen-bond donors (Lipinski definition) is 1. The van der Waals surface area contributed by atoms with Gasteiger partial charge in [-0.3, -0.25) is 4.79 Å². The molecule has 0 bridgehead atoms. The number of amides is 1. The molecule has 0 spiro atoms. The highest BCUT2D eigenvalue weighted by Crippen LogP contribution is 2.17. The third kappa shape index (κ3) is 3.81. The van der Waals surface area contributed by atoms with Gasteiger partial charge in [0.2, 0.25) is 0 Å². The van der Waals surface area contributed by atoms with E-state index in [0.29, 0.717) is 5.16 Å². The van der Waals surface area contributed by atoms with Crippen molar-refractivity contribution in [2.45, 2.75) is 24.5 Å². The maximum atomic E-state index is 12.1. The molecule has 0 saturated carbocycles. The smallest absolute Gasteiger partial charge is 0.330 e. The van der Waals surface area contributed by atoms with Gasteiger partial charge in [0.15, 0.2) is 10.9 Å². The van der Waals surface area contributed by atoms with E-state index < -0.39 is 17.4 Å². The van der Waals surface area contributed by atoms with Crippen molar-refractivity contribution in [1.29, 1.82) is 0 Å². The summed E-state index contributed by atoms with van der Waals surface area (Å²) >= 11 is 7.16. The van der Waals surface area contributed by atoms with Crippen molar-refractivity contribution in [3.05, 3.63) is 16.9 Å². The van der Waals surface area contributed by atoms with Crippen LogP contribution in [0.25, 0.3) is 0 Å². The quantitative estimate of drug-likeness (QED) is 0.516. The molecule has 19 heavy (non-hydrogen) atoms. The number of hydrogen-bond acceptors (Lipinski definition) is 6. The maximum Gasteiger partial charge on any atom is 0.330 e. The molecule has 0 aliphatic carbocycles. The third-order valence-electron chi connectivity index (χ3n) is 2.24. The molecule has 0 aliphatic heterocycles. The van der Waals surface area contributed by atoms with Crippen molar-refractivity contribution in [2.75, 3.05) is 13.4 Å². The predicted molar refractivity (Wildman–Crippen MR) is 72.4 cm³/mol. The molecule has 1 heterocycles. The molecule has 0 saturated heterocycles. The Morgan fingerprint density at radius 1 is 1.47 bits per heavy atom. The lowest BCUT2D eigenvalue weighted by atomic mass is 10.1. The van der Waals surface area contributed by atoms with Gasteiger partial charge in [-0.05, 0) is 20.1 Å². The average molecular weight is 304 g/mol. The number of thioether (sulfide) groups is 1. The van der Waals surface area contributed by atoms with E-state index in [4.69, 9.17) is 11.6 Å². The van der Waals surface area contributed by atoms with Crippen LogP contribution >= 0.6 is 23.4 Å². The van der Waals surface area contributed by atoms with Gasteiger partial charge in [-0.15, -0.1) is 0 Å². The van der Waals surface area contributed by atoms with Crippen molar-refractivity contribution in [2.24, 2.45) is 0 Å². The lowest BCUT2D eigenvalue weighted by Crippen LogP contribution is -2.50. The number of methoxy groups -OCH3 is 1. The molecule has 1 amide bonds. The number of nitrogens with zero attached hydrogens (tertiary/aromatic N) is 2. The largest absolute Gasteiger partial charge is 0.467 e. The highest BCUT2D eigenvalue weighted by atomic mass is 35.5. The first-order chi connectivity index (χ1) is 8.81. The zero-order chi connectivity index (χ0) is 14.6. The summed E-state index contributed by atoms with van der Waals surface area (Å²) in [4.78, 5) is 31.5. The second kappa shape index (κ2) is 6.21. The van der Waals surface area contributed by atoms with Gasteiger partial charge in [0.25, 0.3) is 5.91 Å². The highest BCUT2D eigenvalue weighted by Gasteiger charge is 2.32. The van der Waals surface area contributed by atoms with E-state index in [1.807, 2.05) is 0 Å². The molecular formula is C11H14ClN3O3S. The van der Waals surface area contributed by atoms with Gasteiger partial charge in [0, 0.05) is 0 Å². The van der Waals surface area contributed by atoms with E-state index in [1.165, 1.54) is 38.9 Å². The Morgan fingerprint density at radius 3 is 2.63 bits per heavy atom. The van der Waals surface area contributed by atoms with Crippen molar-refractivity contribution < 1.29 is 14.3 Å². The van der Waals surface area contributed by atoms with Crippen LogP contribution in [-0.4, -0.2) is 40.7 Å². The first kappa shape index (κ1) is 15.7. The standard InChI is InChI=1S/C11H14ClN3O3S/c1-11(2,9(17)18-3)15-8(16)7-6(12)5-13-10(14-7)19-4/h5H,1-4H3,(H,15,16). The van der Waals surface area contributed by atoms with Crippen molar-refractivity contribution in [3.63, 3.8) is 0 Å². The van der Waals surface area contributed by atoms with Crippen molar-refractivity contribution in [1.82, 2.24) is 15.3 Å². The van der Waals surface area contributed by atoms with Crippen molar-refractivity contribution >= 4 is 35.2 Å². The molecular weight excluding hydrogens is 290 g/mol. The lowest BCUT2D eigenvalue weighted by Gasteiger charge is -2.22. The van der Waals surface area contributed by atoms with Gasteiger partial charge in [0.1, 0.15) is 5.54 Å². The van der Waals surface area contributed by atoms with E-state index in [-0.39, 0.29) is 10.7 Å². The monoisotopic (exact) mass is 303 g/mol. The van der Waals surface area contributed by atoms with E-state index in [0.717, 1.165) is 0 Å². The lowest BCUT2D eigenvalue weighted by molar-refractivity contribution is -0.146. The van der Waals surface area contributed by atoms with Gasteiger partial charge in [-0.1, -0.05) is 23.4 Å². The Bertz CT molecular complexity index is 508. The SMILES string of the molecule is COC(=O)C(C)(C)NC(=O)c1nc(SC)ncc1Cl. The molecule has 0 fully saturated rings. The Balaban J connectivity index is 2.98. The van der Waals surface area contributed by atoms with E-state index in [2.05, 4.69) is 20.0 Å². The molecule has 104 valence electrons. The van der Waals surface area contributed by atoms with Gasteiger partial charge in [-0.2, -0.15) is 0 Å². The number of aromatic nitrogens is 2. The highest BCUT2D eigenvalue weighted by molar-refractivity contribution is 7.98. The number of carbonyl (C=O) groups is 2. The molecule has 6 nitrogen and oxygen atoms in total. The van der Waals surface area contributed by atoms with E-state index >= 15 is 0 Å². The summed E-state index contributed by atoms with van der Waals surface area (Å²) < 4.78 is 4.60. The van der Waals surface area contributed by atoms with Crippen LogP contribution in [-0.2, 0) is 9.53 Å².